The molecule has 42 heavy (non-hydrogen) atoms. The van der Waals surface area contributed by atoms with E-state index in [0.717, 1.165) is 22.3 Å². The molecule has 0 radical (unpaired) electrons. The summed E-state index contributed by atoms with van der Waals surface area (Å²) in [5.74, 6) is -1.25. The minimum atomic E-state index is -1.62. The Labute approximate surface area is 251 Å². The maximum atomic E-state index is 13.9. The van der Waals surface area contributed by atoms with E-state index >= 15 is 0 Å². The highest BCUT2D eigenvalue weighted by molar-refractivity contribution is 8.00. The minimum Gasteiger partial charge on any atom is -0.508 e. The van der Waals surface area contributed by atoms with Gasteiger partial charge in [-0.25, -0.2) is 0 Å². The quantitative estimate of drug-likeness (QED) is 0.300. The monoisotopic (exact) mass is 589 g/mol. The van der Waals surface area contributed by atoms with Crippen LogP contribution in [-0.4, -0.2) is 61.6 Å². The molecule has 3 amide bonds. The van der Waals surface area contributed by atoms with Crippen LogP contribution in [0.4, 0.5) is 0 Å². The number of nitrogens with zero attached hydrogens (tertiary/aromatic N) is 1. The van der Waals surface area contributed by atoms with Crippen molar-refractivity contribution in [2.45, 2.75) is 70.5 Å². The molecule has 1 heterocycles. The number of phenols is 1. The number of carbonyl (C=O) groups excluding carboxylic acids is 3. The first-order valence-corrected chi connectivity index (χ1v) is 15.0. The number of hydrogen-bond donors (Lipinski definition) is 4. The molecule has 1 saturated heterocycles. The molecule has 4 rings (SSSR count). The van der Waals surface area contributed by atoms with E-state index in [9.17, 15) is 24.6 Å². The molecule has 0 aromatic heterocycles. The summed E-state index contributed by atoms with van der Waals surface area (Å²) in [6.45, 7) is 9.71. The van der Waals surface area contributed by atoms with Gasteiger partial charge in [0, 0.05) is 22.4 Å². The summed E-state index contributed by atoms with van der Waals surface area (Å²) in [6, 6.07) is 18.2. The Morgan fingerprint density at radius 3 is 2.38 bits per heavy atom. The van der Waals surface area contributed by atoms with Crippen molar-refractivity contribution in [3.8, 4) is 5.75 Å². The molecular formula is C33H39N3O5S. The molecule has 3 atom stereocenters. The number of aliphatic hydroxyl groups excluding tert-OH is 1. The van der Waals surface area contributed by atoms with Crippen molar-refractivity contribution in [3.63, 3.8) is 0 Å². The van der Waals surface area contributed by atoms with Crippen molar-refractivity contribution < 1.29 is 24.6 Å². The van der Waals surface area contributed by atoms with Crippen molar-refractivity contribution >= 4 is 29.5 Å². The minimum absolute atomic E-state index is 0.0229. The summed E-state index contributed by atoms with van der Waals surface area (Å²) in [7, 11) is 0. The lowest BCUT2D eigenvalue weighted by atomic mass is 9.96. The van der Waals surface area contributed by atoms with Crippen molar-refractivity contribution in [3.05, 3.63) is 100 Å². The van der Waals surface area contributed by atoms with Crippen LogP contribution in [0, 0.1) is 20.8 Å². The number of aryl methyl sites for hydroxylation is 2. The zero-order valence-electron chi connectivity index (χ0n) is 24.7. The second-order valence-corrected chi connectivity index (χ2v) is 13.0. The second kappa shape index (κ2) is 13.0. The Balaban J connectivity index is 1.57. The summed E-state index contributed by atoms with van der Waals surface area (Å²) >= 11 is 1.46. The topological polar surface area (TPSA) is 119 Å². The van der Waals surface area contributed by atoms with Gasteiger partial charge in [0.2, 0.25) is 5.91 Å². The van der Waals surface area contributed by atoms with Gasteiger partial charge in [-0.1, -0.05) is 60.2 Å². The fourth-order valence-electron chi connectivity index (χ4n) is 5.18. The Morgan fingerprint density at radius 2 is 1.69 bits per heavy atom. The van der Waals surface area contributed by atoms with Crippen LogP contribution in [0.2, 0.25) is 0 Å². The van der Waals surface area contributed by atoms with Gasteiger partial charge in [-0.15, -0.1) is 11.8 Å². The highest BCUT2D eigenvalue weighted by atomic mass is 32.2. The first kappa shape index (κ1) is 31.1. The molecular weight excluding hydrogens is 550 g/mol. The summed E-state index contributed by atoms with van der Waals surface area (Å²) in [4.78, 5) is 42.1. The van der Waals surface area contributed by atoms with Crippen LogP contribution in [0.15, 0.2) is 66.7 Å². The number of hydrogen-bond acceptors (Lipinski definition) is 6. The molecule has 1 unspecified atom stereocenters. The number of aliphatic hydroxyl groups is 1. The predicted octanol–water partition coefficient (Wildman–Crippen LogP) is 4.02. The van der Waals surface area contributed by atoms with Crippen LogP contribution < -0.4 is 10.6 Å². The zero-order valence-corrected chi connectivity index (χ0v) is 25.5. The number of amides is 3. The Morgan fingerprint density at radius 1 is 1.00 bits per heavy atom. The molecule has 3 aromatic rings. The molecule has 9 heteroatoms. The fraction of sp³-hybridized carbons (Fsp3) is 0.364. The van der Waals surface area contributed by atoms with Gasteiger partial charge < -0.3 is 25.7 Å². The van der Waals surface area contributed by atoms with E-state index in [0.29, 0.717) is 12.1 Å². The zero-order chi connectivity index (χ0) is 30.6. The SMILES string of the molecule is Cc1ccc(C[C@H](NC(=O)c2cccc(O)c2C)[C@H](O)C(=O)N2CSC(C)(C)C2C(=O)NCc2ccccc2C)cc1. The molecule has 8 nitrogen and oxygen atoms in total. The van der Waals surface area contributed by atoms with Gasteiger partial charge in [-0.05, 0) is 69.9 Å². The van der Waals surface area contributed by atoms with Crippen LogP contribution in [0.1, 0.15) is 52.0 Å². The van der Waals surface area contributed by atoms with Crippen LogP contribution in [-0.2, 0) is 22.6 Å². The second-order valence-electron chi connectivity index (χ2n) is 11.4. The third-order valence-corrected chi connectivity index (χ3v) is 9.24. The molecule has 0 bridgehead atoms. The molecule has 0 aliphatic carbocycles. The van der Waals surface area contributed by atoms with Gasteiger partial charge >= 0.3 is 0 Å². The largest absolute Gasteiger partial charge is 0.508 e. The van der Waals surface area contributed by atoms with Gasteiger partial charge in [-0.3, -0.25) is 14.4 Å². The lowest BCUT2D eigenvalue weighted by molar-refractivity contribution is -0.147. The number of benzene rings is 3. The Hall–Kier alpha value is -3.82. The number of carbonyl (C=O) groups is 3. The van der Waals surface area contributed by atoms with E-state index in [1.807, 2.05) is 76.2 Å². The number of nitrogens with one attached hydrogen (secondary N) is 2. The van der Waals surface area contributed by atoms with Gasteiger partial charge in [0.15, 0.2) is 6.10 Å². The number of rotatable bonds is 9. The first-order valence-electron chi connectivity index (χ1n) is 14.0. The number of aromatic hydroxyl groups is 1. The first-order chi connectivity index (χ1) is 19.9. The van der Waals surface area contributed by atoms with Crippen molar-refractivity contribution in [1.29, 1.82) is 0 Å². The van der Waals surface area contributed by atoms with Gasteiger partial charge in [0.25, 0.3) is 11.8 Å². The molecule has 1 aliphatic heterocycles. The highest BCUT2D eigenvalue weighted by Gasteiger charge is 2.49. The number of phenolic OH excluding ortho intramolecular Hbond substituents is 1. The molecule has 222 valence electrons. The van der Waals surface area contributed by atoms with Crippen LogP contribution in [0.3, 0.4) is 0 Å². The van der Waals surface area contributed by atoms with E-state index in [-0.39, 0.29) is 29.5 Å². The molecule has 4 N–H and O–H groups in total. The average Bonchev–Trinajstić information content (AvgIpc) is 3.28. The standard InChI is InChI=1S/C33H39N3O5S/c1-20-13-15-23(16-14-20)17-26(35-30(39)25-11-8-12-27(37)22(25)3)28(38)32(41)36-19-42-33(4,5)29(36)31(40)34-18-24-10-7-6-9-21(24)2/h6-16,26,28-29,37-38H,17-19H2,1-5H3,(H,34,40)(H,35,39)/t26-,28-,29?/m0/s1. The Kier molecular flexibility index (Phi) is 9.64. The number of thioether (sulfide) groups is 1. The third kappa shape index (κ3) is 6.97. The average molecular weight is 590 g/mol. The van der Waals surface area contributed by atoms with Crippen LogP contribution in [0.25, 0.3) is 0 Å². The van der Waals surface area contributed by atoms with E-state index in [4.69, 9.17) is 0 Å². The summed E-state index contributed by atoms with van der Waals surface area (Å²) in [5, 5.41) is 27.4. The van der Waals surface area contributed by atoms with E-state index < -0.39 is 34.7 Å². The molecule has 1 fully saturated rings. The van der Waals surface area contributed by atoms with Crippen LogP contribution in [0.5, 0.6) is 5.75 Å². The van der Waals surface area contributed by atoms with Gasteiger partial charge in [0.05, 0.1) is 11.9 Å². The highest BCUT2D eigenvalue weighted by Crippen LogP contribution is 2.40. The van der Waals surface area contributed by atoms with Crippen molar-refractivity contribution in [2.75, 3.05) is 5.88 Å². The van der Waals surface area contributed by atoms with Crippen molar-refractivity contribution in [1.82, 2.24) is 15.5 Å². The Bertz CT molecular complexity index is 1460. The van der Waals surface area contributed by atoms with Gasteiger partial charge in [-0.2, -0.15) is 0 Å². The van der Waals surface area contributed by atoms with Crippen molar-refractivity contribution in [2.24, 2.45) is 0 Å². The molecule has 1 aliphatic rings. The molecule has 3 aromatic carbocycles. The maximum absolute atomic E-state index is 13.9. The molecule has 0 spiro atoms. The van der Waals surface area contributed by atoms with E-state index in [2.05, 4.69) is 10.6 Å². The molecule has 0 saturated carbocycles. The lowest BCUT2D eigenvalue weighted by Gasteiger charge is -2.33. The summed E-state index contributed by atoms with van der Waals surface area (Å²) in [6.07, 6.45) is -1.43. The summed E-state index contributed by atoms with van der Waals surface area (Å²) < 4.78 is -0.598. The third-order valence-electron chi connectivity index (χ3n) is 7.87. The lowest BCUT2D eigenvalue weighted by Crippen LogP contribution is -2.58. The normalized spacial score (nSPS) is 17.4. The van der Waals surface area contributed by atoms with Crippen LogP contribution >= 0.6 is 11.8 Å². The van der Waals surface area contributed by atoms with E-state index in [1.54, 1.807) is 19.1 Å². The summed E-state index contributed by atoms with van der Waals surface area (Å²) in [5.41, 5.74) is 4.56. The smallest absolute Gasteiger partial charge is 0.254 e. The fourth-order valence-corrected chi connectivity index (χ4v) is 6.32. The predicted molar refractivity (Wildman–Crippen MR) is 165 cm³/mol. The maximum Gasteiger partial charge on any atom is 0.254 e. The van der Waals surface area contributed by atoms with Gasteiger partial charge in [0.1, 0.15) is 11.8 Å². The van der Waals surface area contributed by atoms with E-state index in [1.165, 1.54) is 22.7 Å².